The van der Waals surface area contributed by atoms with Crippen molar-refractivity contribution < 1.29 is 9.90 Å². The van der Waals surface area contributed by atoms with E-state index in [-0.39, 0.29) is 5.92 Å². The minimum absolute atomic E-state index is 0.0839. The van der Waals surface area contributed by atoms with E-state index in [4.69, 9.17) is 5.11 Å². The highest BCUT2D eigenvalue weighted by molar-refractivity contribution is 9.09. The van der Waals surface area contributed by atoms with Crippen LogP contribution in [0.5, 0.6) is 0 Å². The van der Waals surface area contributed by atoms with Crippen LogP contribution in [0.2, 0.25) is 0 Å². The molecule has 1 aliphatic carbocycles. The Morgan fingerprint density at radius 3 is 2.70 bits per heavy atom. The van der Waals surface area contributed by atoms with Gasteiger partial charge in [-0.3, -0.25) is 4.79 Å². The topological polar surface area (TPSA) is 37.3 Å². The highest BCUT2D eigenvalue weighted by atomic mass is 79.9. The first-order chi connectivity index (χ1) is 4.75. The zero-order valence-corrected chi connectivity index (χ0v) is 7.30. The molecule has 0 aromatic rings. The summed E-state index contributed by atoms with van der Waals surface area (Å²) in [5, 5.41) is 9.53. The van der Waals surface area contributed by atoms with Gasteiger partial charge >= 0.3 is 5.97 Å². The van der Waals surface area contributed by atoms with Crippen molar-refractivity contribution in [2.75, 3.05) is 5.33 Å². The van der Waals surface area contributed by atoms with Crippen LogP contribution in [0.3, 0.4) is 0 Å². The van der Waals surface area contributed by atoms with Crippen LogP contribution in [-0.2, 0) is 4.79 Å². The Kier molecular flexibility index (Phi) is 2.72. The van der Waals surface area contributed by atoms with Crippen molar-refractivity contribution in [3.63, 3.8) is 0 Å². The van der Waals surface area contributed by atoms with E-state index < -0.39 is 5.97 Å². The van der Waals surface area contributed by atoms with Gasteiger partial charge in [0.25, 0.3) is 0 Å². The van der Waals surface area contributed by atoms with E-state index in [1.165, 1.54) is 0 Å². The molecule has 1 aliphatic rings. The summed E-state index contributed by atoms with van der Waals surface area (Å²) >= 11 is 3.32. The fourth-order valence-electron chi connectivity index (χ4n) is 1.55. The zero-order chi connectivity index (χ0) is 7.56. The molecule has 0 amide bonds. The maximum Gasteiger partial charge on any atom is 0.306 e. The van der Waals surface area contributed by atoms with Gasteiger partial charge in [-0.2, -0.15) is 0 Å². The first-order valence-electron chi connectivity index (χ1n) is 3.54. The molecule has 2 atom stereocenters. The lowest BCUT2D eigenvalue weighted by atomic mass is 9.99. The molecule has 0 aromatic carbocycles. The van der Waals surface area contributed by atoms with Gasteiger partial charge in [-0.15, -0.1) is 0 Å². The van der Waals surface area contributed by atoms with Crippen molar-refractivity contribution in [3.8, 4) is 0 Å². The van der Waals surface area contributed by atoms with Crippen LogP contribution < -0.4 is 0 Å². The molecule has 0 radical (unpaired) electrons. The summed E-state index contributed by atoms with van der Waals surface area (Å²) in [5.74, 6) is -0.334. The van der Waals surface area contributed by atoms with Crippen molar-refractivity contribution in [3.05, 3.63) is 0 Å². The molecular weight excluding hydrogens is 196 g/mol. The first kappa shape index (κ1) is 8.05. The van der Waals surface area contributed by atoms with E-state index >= 15 is 0 Å². The summed E-state index contributed by atoms with van der Waals surface area (Å²) in [6.45, 7) is 0. The van der Waals surface area contributed by atoms with E-state index in [0.29, 0.717) is 5.92 Å². The predicted octanol–water partition coefficient (Wildman–Crippen LogP) is 1.88. The molecule has 0 aliphatic heterocycles. The molecule has 0 spiro atoms. The van der Waals surface area contributed by atoms with Crippen molar-refractivity contribution in [2.45, 2.75) is 19.3 Å². The van der Waals surface area contributed by atoms with Crippen LogP contribution in [0.15, 0.2) is 0 Å². The number of halogens is 1. The van der Waals surface area contributed by atoms with E-state index in [9.17, 15) is 4.79 Å². The highest BCUT2D eigenvalue weighted by Gasteiger charge is 2.31. The molecule has 0 aromatic heterocycles. The van der Waals surface area contributed by atoms with Gasteiger partial charge in [0.1, 0.15) is 0 Å². The van der Waals surface area contributed by atoms with Crippen LogP contribution in [0.25, 0.3) is 0 Å². The van der Waals surface area contributed by atoms with E-state index in [1.54, 1.807) is 0 Å². The second kappa shape index (κ2) is 3.37. The van der Waals surface area contributed by atoms with Crippen LogP contribution in [0.1, 0.15) is 19.3 Å². The largest absolute Gasteiger partial charge is 0.481 e. The molecule has 3 heteroatoms. The second-order valence-electron chi connectivity index (χ2n) is 2.79. The van der Waals surface area contributed by atoms with Gasteiger partial charge in [0.05, 0.1) is 5.92 Å². The van der Waals surface area contributed by atoms with Gasteiger partial charge in [0.15, 0.2) is 0 Å². The van der Waals surface area contributed by atoms with E-state index in [0.717, 1.165) is 24.6 Å². The Labute approximate surface area is 68.7 Å². The Balaban J connectivity index is 2.50. The lowest BCUT2D eigenvalue weighted by Gasteiger charge is -2.10. The van der Waals surface area contributed by atoms with Crippen molar-refractivity contribution in [1.82, 2.24) is 0 Å². The normalized spacial score (nSPS) is 32.5. The van der Waals surface area contributed by atoms with Crippen LogP contribution in [0, 0.1) is 11.8 Å². The van der Waals surface area contributed by atoms with Crippen LogP contribution in [0.4, 0.5) is 0 Å². The molecule has 1 saturated carbocycles. The van der Waals surface area contributed by atoms with Crippen molar-refractivity contribution >= 4 is 21.9 Å². The minimum atomic E-state index is -0.623. The Bertz CT molecular complexity index is 136. The monoisotopic (exact) mass is 206 g/mol. The maximum absolute atomic E-state index is 10.6. The van der Waals surface area contributed by atoms with E-state index in [1.807, 2.05) is 0 Å². The number of hydrogen-bond acceptors (Lipinski definition) is 1. The highest BCUT2D eigenvalue weighted by Crippen LogP contribution is 2.32. The SMILES string of the molecule is O=C(O)C1CCCC1CBr. The fraction of sp³-hybridized carbons (Fsp3) is 0.857. The molecule has 1 N–H and O–H groups in total. The van der Waals surface area contributed by atoms with E-state index in [2.05, 4.69) is 15.9 Å². The van der Waals surface area contributed by atoms with Crippen LogP contribution in [-0.4, -0.2) is 16.4 Å². The number of hydrogen-bond donors (Lipinski definition) is 1. The average Bonchev–Trinajstić information content (AvgIpc) is 2.33. The Morgan fingerprint density at radius 1 is 1.60 bits per heavy atom. The third-order valence-electron chi connectivity index (χ3n) is 2.17. The molecule has 1 fully saturated rings. The Morgan fingerprint density at radius 2 is 2.30 bits per heavy atom. The number of rotatable bonds is 2. The van der Waals surface area contributed by atoms with Gasteiger partial charge in [0, 0.05) is 5.33 Å². The molecule has 0 saturated heterocycles. The number of aliphatic carboxylic acids is 1. The molecule has 1 rings (SSSR count). The minimum Gasteiger partial charge on any atom is -0.481 e. The van der Waals surface area contributed by atoms with Gasteiger partial charge in [-0.25, -0.2) is 0 Å². The summed E-state index contributed by atoms with van der Waals surface area (Å²) < 4.78 is 0. The lowest BCUT2D eigenvalue weighted by molar-refractivity contribution is -0.142. The first-order valence-corrected chi connectivity index (χ1v) is 4.66. The summed E-state index contributed by atoms with van der Waals surface area (Å²) in [5.41, 5.74) is 0. The molecule has 10 heavy (non-hydrogen) atoms. The molecule has 0 heterocycles. The summed E-state index contributed by atoms with van der Waals surface area (Å²) in [6.07, 6.45) is 3.01. The molecule has 2 nitrogen and oxygen atoms in total. The van der Waals surface area contributed by atoms with Gasteiger partial charge in [-0.1, -0.05) is 22.4 Å². The second-order valence-corrected chi connectivity index (χ2v) is 3.44. The average molecular weight is 207 g/mol. The summed E-state index contributed by atoms with van der Waals surface area (Å²) in [6, 6.07) is 0. The molecule has 2 unspecified atom stereocenters. The number of alkyl halides is 1. The number of carboxylic acids is 1. The summed E-state index contributed by atoms with van der Waals surface area (Å²) in [4.78, 5) is 10.6. The van der Waals surface area contributed by atoms with Crippen LogP contribution >= 0.6 is 15.9 Å². The smallest absolute Gasteiger partial charge is 0.306 e. The maximum atomic E-state index is 10.6. The van der Waals surface area contributed by atoms with Crippen molar-refractivity contribution in [1.29, 1.82) is 0 Å². The molecular formula is C7H11BrO2. The number of carbonyl (C=O) groups is 1. The number of carboxylic acid groups (broad SMARTS) is 1. The lowest BCUT2D eigenvalue weighted by Crippen LogP contribution is -2.18. The fourth-order valence-corrected chi connectivity index (χ4v) is 2.32. The van der Waals surface area contributed by atoms with Gasteiger partial charge in [0.2, 0.25) is 0 Å². The Hall–Kier alpha value is -0.0500. The molecule has 0 bridgehead atoms. The van der Waals surface area contributed by atoms with Gasteiger partial charge in [-0.05, 0) is 18.8 Å². The third-order valence-corrected chi connectivity index (χ3v) is 3.01. The third kappa shape index (κ3) is 1.51. The zero-order valence-electron chi connectivity index (χ0n) is 5.72. The quantitative estimate of drug-likeness (QED) is 0.702. The standard InChI is InChI=1S/C7H11BrO2/c8-4-5-2-1-3-6(5)7(9)10/h5-6H,1-4H2,(H,9,10). The van der Waals surface area contributed by atoms with Gasteiger partial charge < -0.3 is 5.11 Å². The predicted molar refractivity (Wildman–Crippen MR) is 42.3 cm³/mol. The molecule has 58 valence electrons. The van der Waals surface area contributed by atoms with Crippen molar-refractivity contribution in [2.24, 2.45) is 11.8 Å². The summed E-state index contributed by atoms with van der Waals surface area (Å²) in [7, 11) is 0.